The van der Waals surface area contributed by atoms with Crippen LogP contribution in [0.4, 0.5) is 0 Å². The van der Waals surface area contributed by atoms with Gasteiger partial charge in [0.1, 0.15) is 5.75 Å². The van der Waals surface area contributed by atoms with Gasteiger partial charge in [-0.25, -0.2) is 8.42 Å². The molecule has 0 aliphatic rings. The first-order valence-electron chi connectivity index (χ1n) is 7.31. The minimum atomic E-state index is -3.31. The van der Waals surface area contributed by atoms with Gasteiger partial charge in [-0.3, -0.25) is 4.79 Å². The van der Waals surface area contributed by atoms with E-state index in [2.05, 4.69) is 0 Å². The molecule has 0 fully saturated rings. The Labute approximate surface area is 140 Å². The molecule has 3 rings (SSSR count). The molecule has 0 radical (unpaired) electrons. The molecule has 0 atom stereocenters. The Morgan fingerprint density at radius 1 is 0.958 bits per heavy atom. The summed E-state index contributed by atoms with van der Waals surface area (Å²) in [5.41, 5.74) is 1.95. The van der Waals surface area contributed by atoms with Crippen molar-refractivity contribution in [1.29, 1.82) is 0 Å². The summed E-state index contributed by atoms with van der Waals surface area (Å²) < 4.78 is 29.0. The molecule has 3 aromatic rings. The maximum absolute atomic E-state index is 11.8. The van der Waals surface area contributed by atoms with Gasteiger partial charge in [-0.05, 0) is 34.7 Å². The normalized spacial score (nSPS) is 11.4. The SMILES string of the molecule is COc1c(C=O)cc(-c2cccc(S(C)(=O)=O)c2)c2ccccc12. The number of hydrogen-bond donors (Lipinski definition) is 0. The van der Waals surface area contributed by atoms with Gasteiger partial charge < -0.3 is 4.74 Å². The number of carbonyl (C=O) groups excluding carboxylic acids is 1. The Morgan fingerprint density at radius 3 is 2.29 bits per heavy atom. The van der Waals surface area contributed by atoms with Gasteiger partial charge in [0, 0.05) is 11.6 Å². The third-order valence-corrected chi connectivity index (χ3v) is 5.04. The first-order valence-corrected chi connectivity index (χ1v) is 9.20. The third kappa shape index (κ3) is 2.78. The van der Waals surface area contributed by atoms with Crippen LogP contribution in [0.3, 0.4) is 0 Å². The molecular formula is C19H16O4S. The Hall–Kier alpha value is -2.66. The van der Waals surface area contributed by atoms with Crippen LogP contribution in [0.25, 0.3) is 21.9 Å². The molecule has 0 aliphatic carbocycles. The van der Waals surface area contributed by atoms with Crippen LogP contribution in [0.15, 0.2) is 59.5 Å². The summed E-state index contributed by atoms with van der Waals surface area (Å²) in [5.74, 6) is 0.517. The fraction of sp³-hybridized carbons (Fsp3) is 0.105. The Morgan fingerprint density at radius 2 is 1.67 bits per heavy atom. The first kappa shape index (κ1) is 16.2. The molecule has 0 unspecified atom stereocenters. The summed E-state index contributed by atoms with van der Waals surface area (Å²) in [7, 11) is -1.78. The molecule has 0 bridgehead atoms. The monoisotopic (exact) mass is 340 g/mol. The highest BCUT2D eigenvalue weighted by molar-refractivity contribution is 7.90. The molecule has 0 amide bonds. The molecule has 3 aromatic carbocycles. The predicted octanol–water partition coefficient (Wildman–Crippen LogP) is 3.73. The van der Waals surface area contributed by atoms with Crippen molar-refractivity contribution in [2.75, 3.05) is 13.4 Å². The third-order valence-electron chi connectivity index (χ3n) is 3.93. The summed E-state index contributed by atoms with van der Waals surface area (Å²) in [6.45, 7) is 0. The van der Waals surface area contributed by atoms with Gasteiger partial charge in [0.15, 0.2) is 16.1 Å². The number of carbonyl (C=O) groups is 1. The van der Waals surface area contributed by atoms with Crippen LogP contribution in [0, 0.1) is 0 Å². The van der Waals surface area contributed by atoms with E-state index >= 15 is 0 Å². The Kier molecular flexibility index (Phi) is 4.11. The van der Waals surface area contributed by atoms with Crippen molar-refractivity contribution in [3.8, 4) is 16.9 Å². The van der Waals surface area contributed by atoms with E-state index in [4.69, 9.17) is 4.74 Å². The average molecular weight is 340 g/mol. The molecule has 5 heteroatoms. The molecule has 0 heterocycles. The standard InChI is InChI=1S/C19H16O4S/c1-23-19-14(12-20)11-18(16-8-3-4-9-17(16)19)13-6-5-7-15(10-13)24(2,21)22/h3-12H,1-2H3. The summed E-state index contributed by atoms with van der Waals surface area (Å²) in [5, 5.41) is 1.70. The van der Waals surface area contributed by atoms with Crippen molar-refractivity contribution in [3.63, 3.8) is 0 Å². The summed E-state index contributed by atoms with van der Waals surface area (Å²) >= 11 is 0. The highest BCUT2D eigenvalue weighted by Gasteiger charge is 2.15. The van der Waals surface area contributed by atoms with Gasteiger partial charge in [-0.1, -0.05) is 36.4 Å². The Bertz CT molecular complexity index is 1040. The molecule has 0 aliphatic heterocycles. The van der Waals surface area contributed by atoms with E-state index in [-0.39, 0.29) is 4.90 Å². The van der Waals surface area contributed by atoms with Crippen molar-refractivity contribution in [1.82, 2.24) is 0 Å². The zero-order chi connectivity index (χ0) is 17.3. The second-order valence-electron chi connectivity index (χ2n) is 5.51. The van der Waals surface area contributed by atoms with Gasteiger partial charge in [0.05, 0.1) is 17.6 Å². The lowest BCUT2D eigenvalue weighted by molar-refractivity contribution is 0.112. The zero-order valence-electron chi connectivity index (χ0n) is 13.3. The largest absolute Gasteiger partial charge is 0.495 e. The summed E-state index contributed by atoms with van der Waals surface area (Å²) in [6.07, 6.45) is 1.92. The number of methoxy groups -OCH3 is 1. The van der Waals surface area contributed by atoms with Crippen LogP contribution >= 0.6 is 0 Å². The molecule has 4 nitrogen and oxygen atoms in total. The first-order chi connectivity index (χ1) is 11.5. The van der Waals surface area contributed by atoms with E-state index in [1.165, 1.54) is 13.4 Å². The van der Waals surface area contributed by atoms with Crippen molar-refractivity contribution in [3.05, 3.63) is 60.2 Å². The summed E-state index contributed by atoms with van der Waals surface area (Å²) in [6, 6.07) is 16.0. The van der Waals surface area contributed by atoms with Gasteiger partial charge in [-0.2, -0.15) is 0 Å². The number of benzene rings is 3. The topological polar surface area (TPSA) is 60.4 Å². The highest BCUT2D eigenvalue weighted by Crippen LogP contribution is 2.37. The van der Waals surface area contributed by atoms with E-state index in [9.17, 15) is 13.2 Å². The number of aldehydes is 1. The van der Waals surface area contributed by atoms with Crippen LogP contribution in [0.5, 0.6) is 5.75 Å². The van der Waals surface area contributed by atoms with E-state index in [0.717, 1.165) is 28.2 Å². The minimum absolute atomic E-state index is 0.243. The quantitative estimate of drug-likeness (QED) is 0.679. The lowest BCUT2D eigenvalue weighted by atomic mass is 9.95. The van der Waals surface area contributed by atoms with E-state index in [1.54, 1.807) is 24.3 Å². The van der Waals surface area contributed by atoms with E-state index in [1.807, 2.05) is 30.3 Å². The molecule has 0 spiro atoms. The minimum Gasteiger partial charge on any atom is -0.495 e. The van der Waals surface area contributed by atoms with Crippen LogP contribution < -0.4 is 4.74 Å². The molecule has 122 valence electrons. The van der Waals surface area contributed by atoms with Crippen LogP contribution in [0.2, 0.25) is 0 Å². The number of hydrogen-bond acceptors (Lipinski definition) is 4. The van der Waals surface area contributed by atoms with Crippen molar-refractivity contribution < 1.29 is 17.9 Å². The fourth-order valence-electron chi connectivity index (χ4n) is 2.82. The molecule has 0 N–H and O–H groups in total. The molecular weight excluding hydrogens is 324 g/mol. The maximum Gasteiger partial charge on any atom is 0.175 e. The maximum atomic E-state index is 11.8. The van der Waals surface area contributed by atoms with Crippen LogP contribution in [0.1, 0.15) is 10.4 Å². The van der Waals surface area contributed by atoms with Crippen molar-refractivity contribution >= 4 is 26.9 Å². The van der Waals surface area contributed by atoms with E-state index in [0.29, 0.717) is 11.3 Å². The number of fused-ring (bicyclic) bond motifs is 1. The second kappa shape index (κ2) is 6.09. The van der Waals surface area contributed by atoms with Gasteiger partial charge >= 0.3 is 0 Å². The van der Waals surface area contributed by atoms with Crippen LogP contribution in [-0.4, -0.2) is 28.1 Å². The van der Waals surface area contributed by atoms with Gasteiger partial charge in [0.25, 0.3) is 0 Å². The number of ether oxygens (including phenoxy) is 1. The van der Waals surface area contributed by atoms with Gasteiger partial charge in [0.2, 0.25) is 0 Å². The zero-order valence-corrected chi connectivity index (χ0v) is 14.1. The fourth-order valence-corrected chi connectivity index (χ4v) is 3.49. The smallest absolute Gasteiger partial charge is 0.175 e. The number of sulfone groups is 1. The Balaban J connectivity index is 2.37. The van der Waals surface area contributed by atoms with Crippen molar-refractivity contribution in [2.45, 2.75) is 4.90 Å². The van der Waals surface area contributed by atoms with Gasteiger partial charge in [-0.15, -0.1) is 0 Å². The van der Waals surface area contributed by atoms with E-state index < -0.39 is 9.84 Å². The average Bonchev–Trinajstić information content (AvgIpc) is 2.59. The molecule has 24 heavy (non-hydrogen) atoms. The highest BCUT2D eigenvalue weighted by atomic mass is 32.2. The second-order valence-corrected chi connectivity index (χ2v) is 7.53. The molecule has 0 aromatic heterocycles. The summed E-state index contributed by atoms with van der Waals surface area (Å²) in [4.78, 5) is 11.7. The van der Waals surface area contributed by atoms with Crippen LogP contribution in [-0.2, 0) is 9.84 Å². The molecule has 0 saturated carbocycles. The lowest BCUT2D eigenvalue weighted by Crippen LogP contribution is -1.98. The lowest BCUT2D eigenvalue weighted by Gasteiger charge is -2.14. The molecule has 0 saturated heterocycles. The predicted molar refractivity (Wildman–Crippen MR) is 94.4 cm³/mol. The van der Waals surface area contributed by atoms with Crippen molar-refractivity contribution in [2.24, 2.45) is 0 Å². The number of rotatable bonds is 4.